The second kappa shape index (κ2) is 7.07. The molecule has 0 atom stereocenters. The van der Waals surface area contributed by atoms with Crippen molar-refractivity contribution in [3.63, 3.8) is 0 Å². The third kappa shape index (κ3) is 3.44. The van der Waals surface area contributed by atoms with E-state index in [1.807, 2.05) is 0 Å². The molecule has 0 unspecified atom stereocenters. The van der Waals surface area contributed by atoms with Gasteiger partial charge < -0.3 is 5.32 Å². The molecule has 1 aliphatic rings. The van der Waals surface area contributed by atoms with E-state index in [2.05, 4.69) is 5.32 Å². The molecule has 4 nitrogen and oxygen atoms in total. The van der Waals surface area contributed by atoms with Crippen LogP contribution in [0.3, 0.4) is 0 Å². The van der Waals surface area contributed by atoms with Crippen LogP contribution in [0.4, 0.5) is 14.9 Å². The molecule has 2 amide bonds. The molecular formula is C17H12ClFN2O2S. The topological polar surface area (TPSA) is 49.4 Å². The number of hydrogen-bond acceptors (Lipinski definition) is 4. The normalized spacial score (nSPS) is 16.1. The number of nitrogens with zero attached hydrogens (tertiary/aromatic N) is 1. The van der Waals surface area contributed by atoms with Crippen molar-refractivity contribution in [3.8, 4) is 0 Å². The molecule has 1 heterocycles. The van der Waals surface area contributed by atoms with Gasteiger partial charge in [0.15, 0.2) is 0 Å². The first-order valence-corrected chi connectivity index (χ1v) is 8.24. The van der Waals surface area contributed by atoms with Crippen molar-refractivity contribution in [1.29, 1.82) is 0 Å². The second-order valence-electron chi connectivity index (χ2n) is 4.95. The van der Waals surface area contributed by atoms with Crippen LogP contribution in [0.5, 0.6) is 0 Å². The fourth-order valence-corrected chi connectivity index (χ4v) is 3.17. The predicted octanol–water partition coefficient (Wildman–Crippen LogP) is 4.59. The van der Waals surface area contributed by atoms with Gasteiger partial charge in [0.2, 0.25) is 0 Å². The van der Waals surface area contributed by atoms with Gasteiger partial charge in [0.1, 0.15) is 5.82 Å². The van der Waals surface area contributed by atoms with Crippen molar-refractivity contribution in [3.05, 3.63) is 69.8 Å². The first-order valence-electron chi connectivity index (χ1n) is 7.04. The van der Waals surface area contributed by atoms with E-state index < -0.39 is 17.0 Å². The first-order chi connectivity index (χ1) is 11.6. The Kier molecular flexibility index (Phi) is 4.87. The molecule has 0 saturated carbocycles. The zero-order chi connectivity index (χ0) is 17.1. The molecule has 0 bridgehead atoms. The number of para-hydroxylation sites is 1. The summed E-state index contributed by atoms with van der Waals surface area (Å²) in [7, 11) is 0. The molecule has 24 heavy (non-hydrogen) atoms. The van der Waals surface area contributed by atoms with E-state index in [9.17, 15) is 14.0 Å². The van der Waals surface area contributed by atoms with Gasteiger partial charge in [-0.25, -0.2) is 4.39 Å². The number of anilines is 1. The minimum Gasteiger partial charge on any atom is -0.366 e. The maximum atomic E-state index is 13.7. The van der Waals surface area contributed by atoms with E-state index in [-0.39, 0.29) is 17.1 Å². The maximum absolute atomic E-state index is 13.7. The van der Waals surface area contributed by atoms with Gasteiger partial charge in [-0.15, -0.1) is 0 Å². The summed E-state index contributed by atoms with van der Waals surface area (Å²) in [6.07, 6.45) is 1.38. The highest BCUT2D eigenvalue weighted by Crippen LogP contribution is 2.32. The summed E-state index contributed by atoms with van der Waals surface area (Å²) in [5, 5.41) is 3.03. The second-order valence-corrected chi connectivity index (χ2v) is 6.35. The van der Waals surface area contributed by atoms with Crippen molar-refractivity contribution in [2.24, 2.45) is 0 Å². The lowest BCUT2D eigenvalue weighted by molar-refractivity contribution is -0.122. The van der Waals surface area contributed by atoms with Crippen LogP contribution in [0.25, 0.3) is 6.08 Å². The Labute approximate surface area is 147 Å². The number of thioether (sulfide) groups is 1. The summed E-state index contributed by atoms with van der Waals surface area (Å²) >= 11 is 6.81. The summed E-state index contributed by atoms with van der Waals surface area (Å²) in [5.74, 6) is -0.911. The maximum Gasteiger partial charge on any atom is 0.295 e. The van der Waals surface area contributed by atoms with Crippen LogP contribution in [0, 0.1) is 5.82 Å². The number of carbonyl (C=O) groups excluding carboxylic acids is 2. The molecule has 2 aromatic carbocycles. The quantitative estimate of drug-likeness (QED) is 0.808. The largest absolute Gasteiger partial charge is 0.366 e. The van der Waals surface area contributed by atoms with Crippen LogP contribution in [0.15, 0.2) is 53.4 Å². The Morgan fingerprint density at radius 3 is 2.58 bits per heavy atom. The van der Waals surface area contributed by atoms with Gasteiger partial charge in [-0.2, -0.15) is 0 Å². The molecule has 0 spiro atoms. The fraction of sp³-hybridized carbons (Fsp3) is 0.0588. The van der Waals surface area contributed by atoms with Gasteiger partial charge in [0.25, 0.3) is 11.1 Å². The lowest BCUT2D eigenvalue weighted by Gasteiger charge is -2.15. The third-order valence-electron chi connectivity index (χ3n) is 3.37. The Morgan fingerprint density at radius 1 is 1.12 bits per heavy atom. The number of halogens is 2. The smallest absolute Gasteiger partial charge is 0.295 e. The van der Waals surface area contributed by atoms with E-state index in [1.54, 1.807) is 42.5 Å². The van der Waals surface area contributed by atoms with Crippen LogP contribution in [-0.2, 0) is 4.79 Å². The van der Waals surface area contributed by atoms with Crippen LogP contribution in [0.1, 0.15) is 5.56 Å². The molecule has 1 N–H and O–H groups in total. The van der Waals surface area contributed by atoms with E-state index in [0.717, 1.165) is 16.7 Å². The van der Waals surface area contributed by atoms with E-state index >= 15 is 0 Å². The summed E-state index contributed by atoms with van der Waals surface area (Å²) in [6.45, 7) is -0.0109. The zero-order valence-electron chi connectivity index (χ0n) is 12.3. The molecule has 3 rings (SSSR count). The number of benzene rings is 2. The van der Waals surface area contributed by atoms with Crippen molar-refractivity contribution in [2.45, 2.75) is 0 Å². The number of nitrogens with one attached hydrogen (secondary N) is 1. The fourth-order valence-electron chi connectivity index (χ4n) is 2.14. The number of rotatable bonds is 4. The predicted molar refractivity (Wildman–Crippen MR) is 94.2 cm³/mol. The van der Waals surface area contributed by atoms with Gasteiger partial charge in [-0.1, -0.05) is 41.9 Å². The van der Waals surface area contributed by atoms with Gasteiger partial charge in [-0.3, -0.25) is 14.5 Å². The number of imide groups is 1. The monoisotopic (exact) mass is 362 g/mol. The van der Waals surface area contributed by atoms with Gasteiger partial charge in [0.05, 0.1) is 22.3 Å². The Morgan fingerprint density at radius 2 is 1.83 bits per heavy atom. The van der Waals surface area contributed by atoms with Crippen LogP contribution < -0.4 is 5.32 Å². The molecular weight excluding hydrogens is 351 g/mol. The SMILES string of the molecule is O=C1S/C(=C\c2ccccc2F)C(=O)N1CNc1ccccc1Cl. The molecule has 1 saturated heterocycles. The van der Waals surface area contributed by atoms with Crippen LogP contribution in [-0.4, -0.2) is 22.7 Å². The average Bonchev–Trinajstić information content (AvgIpc) is 2.83. The highest BCUT2D eigenvalue weighted by Gasteiger charge is 2.35. The van der Waals surface area contributed by atoms with Crippen molar-refractivity contribution >= 4 is 46.3 Å². The Bertz CT molecular complexity index is 841. The van der Waals surface area contributed by atoms with Crippen molar-refractivity contribution in [1.82, 2.24) is 4.90 Å². The van der Waals surface area contributed by atoms with Gasteiger partial charge in [-0.05, 0) is 36.0 Å². The molecule has 0 radical (unpaired) electrons. The molecule has 1 aliphatic heterocycles. The van der Waals surface area contributed by atoms with Crippen molar-refractivity contribution in [2.75, 3.05) is 12.0 Å². The number of carbonyl (C=O) groups is 2. The Balaban J connectivity index is 1.75. The molecule has 122 valence electrons. The molecule has 7 heteroatoms. The first kappa shape index (κ1) is 16.5. The lowest BCUT2D eigenvalue weighted by Crippen LogP contribution is -2.33. The average molecular weight is 363 g/mol. The van der Waals surface area contributed by atoms with E-state index in [4.69, 9.17) is 11.6 Å². The standard InChI is InChI=1S/C17H12ClFN2O2S/c18-12-6-2-4-8-14(12)20-10-21-16(22)15(24-17(21)23)9-11-5-1-3-7-13(11)19/h1-9,20H,10H2/b15-9-. The third-order valence-corrected chi connectivity index (χ3v) is 4.60. The van der Waals surface area contributed by atoms with E-state index in [0.29, 0.717) is 10.7 Å². The summed E-state index contributed by atoms with van der Waals surface area (Å²) in [5.41, 5.74) is 0.887. The molecule has 0 aliphatic carbocycles. The molecule has 0 aromatic heterocycles. The molecule has 1 fully saturated rings. The minimum atomic E-state index is -0.465. The van der Waals surface area contributed by atoms with Crippen LogP contribution >= 0.6 is 23.4 Å². The summed E-state index contributed by atoms with van der Waals surface area (Å²) < 4.78 is 13.7. The molecule has 2 aromatic rings. The van der Waals surface area contributed by atoms with Crippen LogP contribution in [0.2, 0.25) is 5.02 Å². The lowest BCUT2D eigenvalue weighted by atomic mass is 10.2. The zero-order valence-corrected chi connectivity index (χ0v) is 13.9. The van der Waals surface area contributed by atoms with Crippen molar-refractivity contribution < 1.29 is 14.0 Å². The highest BCUT2D eigenvalue weighted by atomic mass is 35.5. The highest BCUT2D eigenvalue weighted by molar-refractivity contribution is 8.18. The minimum absolute atomic E-state index is 0.0109. The summed E-state index contributed by atoms with van der Waals surface area (Å²) in [4.78, 5) is 25.6. The van der Waals surface area contributed by atoms with Gasteiger partial charge >= 0.3 is 0 Å². The van der Waals surface area contributed by atoms with E-state index in [1.165, 1.54) is 12.1 Å². The number of amides is 2. The van der Waals surface area contributed by atoms with Gasteiger partial charge in [0, 0.05) is 5.56 Å². The summed E-state index contributed by atoms with van der Waals surface area (Å²) in [6, 6.07) is 13.1. The number of hydrogen-bond donors (Lipinski definition) is 1. The Hall–Kier alpha value is -2.31.